The number of halogens is 1. The number of nitrogens with zero attached hydrogens (tertiary/aromatic N) is 3. The molecule has 2 aromatic carbocycles. The first-order valence-electron chi connectivity index (χ1n) is 10.9. The second-order valence-corrected chi connectivity index (χ2v) is 8.10. The van der Waals surface area contributed by atoms with Crippen LogP contribution in [0.2, 0.25) is 5.02 Å². The van der Waals surface area contributed by atoms with Gasteiger partial charge >= 0.3 is 0 Å². The molecule has 0 spiro atoms. The van der Waals surface area contributed by atoms with E-state index in [0.29, 0.717) is 45.5 Å². The van der Waals surface area contributed by atoms with Gasteiger partial charge in [0, 0.05) is 11.9 Å². The molecule has 1 amide bonds. The zero-order chi connectivity index (χ0) is 24.6. The van der Waals surface area contributed by atoms with Gasteiger partial charge in [-0.3, -0.25) is 9.78 Å². The first-order chi connectivity index (χ1) is 17.0. The second kappa shape index (κ2) is 11.5. The van der Waals surface area contributed by atoms with Crippen LogP contribution in [0.4, 0.5) is 11.5 Å². The molecule has 2 aromatic heterocycles. The largest absolute Gasteiger partial charge is 0.491 e. The molecule has 0 bridgehead atoms. The second-order valence-electron chi connectivity index (χ2n) is 7.69. The lowest BCUT2D eigenvalue weighted by atomic mass is 10.2. The van der Waals surface area contributed by atoms with Crippen molar-refractivity contribution < 1.29 is 19.4 Å². The van der Waals surface area contributed by atoms with Crippen molar-refractivity contribution in [3.8, 4) is 11.5 Å². The minimum absolute atomic E-state index is 0.202. The van der Waals surface area contributed by atoms with Gasteiger partial charge in [-0.1, -0.05) is 23.7 Å². The number of carbonyl (C=O) groups excluding carboxylic acids is 1. The van der Waals surface area contributed by atoms with Crippen LogP contribution in [0, 0.1) is 0 Å². The molecule has 10 heteroatoms. The van der Waals surface area contributed by atoms with Crippen LogP contribution in [-0.4, -0.2) is 45.2 Å². The molecule has 0 radical (unpaired) electrons. The Morgan fingerprint density at radius 3 is 2.71 bits per heavy atom. The van der Waals surface area contributed by atoms with E-state index in [9.17, 15) is 4.79 Å². The number of benzene rings is 2. The van der Waals surface area contributed by atoms with E-state index >= 15 is 0 Å². The van der Waals surface area contributed by atoms with Crippen LogP contribution in [0.15, 0.2) is 67.1 Å². The fourth-order valence-electron chi connectivity index (χ4n) is 3.34. The molecule has 0 aliphatic carbocycles. The summed E-state index contributed by atoms with van der Waals surface area (Å²) in [6.45, 7) is 1.72. The summed E-state index contributed by atoms with van der Waals surface area (Å²) in [6, 6.07) is 16.2. The molecule has 180 valence electrons. The number of ether oxygens (including phenoxy) is 2. The first kappa shape index (κ1) is 24.2. The minimum Gasteiger partial charge on any atom is -0.491 e. The number of hydrogen-bond donors (Lipinski definition) is 3. The van der Waals surface area contributed by atoms with E-state index in [-0.39, 0.29) is 12.6 Å². The fraction of sp³-hybridized carbons (Fsp3) is 0.200. The zero-order valence-corrected chi connectivity index (χ0v) is 19.7. The molecule has 1 atom stereocenters. The number of pyridine rings is 1. The van der Waals surface area contributed by atoms with Crippen molar-refractivity contribution in [3.05, 3.63) is 77.8 Å². The minimum atomic E-state index is -0.573. The maximum absolute atomic E-state index is 11.4. The van der Waals surface area contributed by atoms with Gasteiger partial charge in [-0.2, -0.15) is 0 Å². The maximum atomic E-state index is 11.4. The Morgan fingerprint density at radius 2 is 1.94 bits per heavy atom. The number of rotatable bonds is 10. The van der Waals surface area contributed by atoms with E-state index in [1.165, 1.54) is 6.33 Å². The van der Waals surface area contributed by atoms with E-state index in [2.05, 4.69) is 25.6 Å². The third kappa shape index (κ3) is 6.34. The van der Waals surface area contributed by atoms with Crippen LogP contribution in [0.3, 0.4) is 0 Å². The van der Waals surface area contributed by atoms with Gasteiger partial charge < -0.3 is 25.2 Å². The Balaban J connectivity index is 1.50. The van der Waals surface area contributed by atoms with Crippen molar-refractivity contribution in [3.63, 3.8) is 0 Å². The van der Waals surface area contributed by atoms with Crippen molar-refractivity contribution in [1.82, 2.24) is 20.3 Å². The van der Waals surface area contributed by atoms with E-state index < -0.39 is 12.5 Å². The van der Waals surface area contributed by atoms with Gasteiger partial charge in [-0.15, -0.1) is 0 Å². The number of nitrogens with one attached hydrogen (secondary N) is 2. The molecule has 4 aromatic rings. The number of aliphatic hydroxyl groups excluding tert-OH is 1. The molecule has 9 nitrogen and oxygen atoms in total. The summed E-state index contributed by atoms with van der Waals surface area (Å²) in [5.74, 6) is 1.17. The lowest BCUT2D eigenvalue weighted by molar-refractivity contribution is -0.124. The van der Waals surface area contributed by atoms with Crippen LogP contribution in [0.1, 0.15) is 12.6 Å². The summed E-state index contributed by atoms with van der Waals surface area (Å²) in [5.41, 5.74) is 2.20. The summed E-state index contributed by atoms with van der Waals surface area (Å²) in [4.78, 5) is 24.4. The van der Waals surface area contributed by atoms with Gasteiger partial charge in [-0.05, 0) is 49.4 Å². The number of aliphatic hydroxyl groups is 1. The average molecular weight is 494 g/mol. The number of amides is 1. The van der Waals surface area contributed by atoms with Crippen LogP contribution in [-0.2, 0) is 11.4 Å². The van der Waals surface area contributed by atoms with Crippen LogP contribution in [0.5, 0.6) is 11.5 Å². The number of fused-ring (bicyclic) bond motifs is 1. The number of aromatic nitrogens is 3. The standard InChI is InChI=1S/C25H24ClN5O4/c1-16(30-23(33)12-32)13-34-22-7-4-6-20-24(22)25(29-15-28-20)31-17-8-9-21(19(26)11-17)35-14-18-5-2-3-10-27-18/h2-11,15-16,32H,12-14H2,1H3,(H,30,33)(H,28,29,31)/t16-/m1/s1. The predicted molar refractivity (Wildman–Crippen MR) is 133 cm³/mol. The molecule has 35 heavy (non-hydrogen) atoms. The summed E-state index contributed by atoms with van der Waals surface area (Å²) in [7, 11) is 0. The highest BCUT2D eigenvalue weighted by atomic mass is 35.5. The summed E-state index contributed by atoms with van der Waals surface area (Å²) in [6.07, 6.45) is 3.17. The maximum Gasteiger partial charge on any atom is 0.246 e. The smallest absolute Gasteiger partial charge is 0.246 e. The van der Waals surface area contributed by atoms with Crippen molar-refractivity contribution >= 4 is 39.9 Å². The monoisotopic (exact) mass is 493 g/mol. The third-order valence-corrected chi connectivity index (χ3v) is 5.26. The summed E-state index contributed by atoms with van der Waals surface area (Å²) in [5, 5.41) is 15.9. The molecule has 0 saturated heterocycles. The van der Waals surface area contributed by atoms with E-state index in [4.69, 9.17) is 26.2 Å². The van der Waals surface area contributed by atoms with Crippen molar-refractivity contribution in [2.24, 2.45) is 0 Å². The molecule has 0 aliphatic heterocycles. The van der Waals surface area contributed by atoms with Crippen LogP contribution in [0.25, 0.3) is 10.9 Å². The van der Waals surface area contributed by atoms with Gasteiger partial charge in [0.15, 0.2) is 0 Å². The van der Waals surface area contributed by atoms with E-state index in [0.717, 1.165) is 5.69 Å². The highest BCUT2D eigenvalue weighted by Crippen LogP contribution is 2.34. The molecule has 0 fully saturated rings. The van der Waals surface area contributed by atoms with Crippen molar-refractivity contribution in [2.75, 3.05) is 18.5 Å². The molecule has 0 saturated carbocycles. The fourth-order valence-corrected chi connectivity index (χ4v) is 3.57. The van der Waals surface area contributed by atoms with E-state index in [1.807, 2.05) is 36.4 Å². The van der Waals surface area contributed by atoms with E-state index in [1.54, 1.807) is 31.3 Å². The zero-order valence-electron chi connectivity index (χ0n) is 18.9. The quantitative estimate of drug-likeness (QED) is 0.304. The highest BCUT2D eigenvalue weighted by molar-refractivity contribution is 6.32. The molecule has 3 N–H and O–H groups in total. The first-order valence-corrected chi connectivity index (χ1v) is 11.3. The summed E-state index contributed by atoms with van der Waals surface area (Å²) < 4.78 is 11.7. The van der Waals surface area contributed by atoms with Gasteiger partial charge in [0.25, 0.3) is 0 Å². The van der Waals surface area contributed by atoms with Gasteiger partial charge in [0.05, 0.1) is 27.7 Å². The lowest BCUT2D eigenvalue weighted by Gasteiger charge is -2.17. The van der Waals surface area contributed by atoms with Gasteiger partial charge in [-0.25, -0.2) is 9.97 Å². The molecule has 0 unspecified atom stereocenters. The summed E-state index contributed by atoms with van der Waals surface area (Å²) >= 11 is 6.45. The predicted octanol–water partition coefficient (Wildman–Crippen LogP) is 3.88. The Kier molecular flexibility index (Phi) is 7.92. The number of carbonyl (C=O) groups is 1. The van der Waals surface area contributed by atoms with Crippen molar-refractivity contribution in [1.29, 1.82) is 0 Å². The molecular weight excluding hydrogens is 470 g/mol. The Hall–Kier alpha value is -3.95. The Bertz CT molecular complexity index is 1300. The average Bonchev–Trinajstić information content (AvgIpc) is 2.87. The van der Waals surface area contributed by atoms with Gasteiger partial charge in [0.2, 0.25) is 5.91 Å². The topological polar surface area (TPSA) is 118 Å². The highest BCUT2D eigenvalue weighted by Gasteiger charge is 2.14. The number of anilines is 2. The van der Waals surface area contributed by atoms with Gasteiger partial charge in [0.1, 0.15) is 43.5 Å². The molecule has 4 rings (SSSR count). The normalized spacial score (nSPS) is 11.6. The molecular formula is C25H24ClN5O4. The third-order valence-electron chi connectivity index (χ3n) is 4.96. The lowest BCUT2D eigenvalue weighted by Crippen LogP contribution is -2.38. The van der Waals surface area contributed by atoms with Crippen molar-refractivity contribution in [2.45, 2.75) is 19.6 Å². The van der Waals surface area contributed by atoms with Crippen LogP contribution >= 0.6 is 11.6 Å². The Morgan fingerprint density at radius 1 is 1.06 bits per heavy atom. The molecule has 0 aliphatic rings. The van der Waals surface area contributed by atoms with Crippen LogP contribution < -0.4 is 20.1 Å². The Labute approximate surface area is 207 Å². The molecule has 2 heterocycles. The SMILES string of the molecule is C[C@H](COc1cccc2ncnc(Nc3ccc(OCc4ccccn4)c(Cl)c3)c12)NC(=O)CO. The number of hydrogen-bond acceptors (Lipinski definition) is 8.